The van der Waals surface area contributed by atoms with Gasteiger partial charge in [0.1, 0.15) is 11.6 Å². The van der Waals surface area contributed by atoms with Crippen LogP contribution in [0.2, 0.25) is 0 Å². The number of imidazole rings is 1. The topological polar surface area (TPSA) is 98.2 Å². The van der Waals surface area contributed by atoms with Crippen molar-refractivity contribution in [2.45, 2.75) is 44.9 Å². The van der Waals surface area contributed by atoms with E-state index in [0.29, 0.717) is 42.5 Å². The summed E-state index contributed by atoms with van der Waals surface area (Å²) in [5, 5.41) is 3.20. The molecule has 5 rings (SSSR count). The molecule has 1 fully saturated rings. The molecule has 2 aromatic carbocycles. The third-order valence-electron chi connectivity index (χ3n) is 7.68. The fraction of sp³-hybridized carbons (Fsp3) is 0.452. The number of rotatable bonds is 6. The summed E-state index contributed by atoms with van der Waals surface area (Å²) in [4.78, 5) is 35.2. The Labute approximate surface area is 241 Å². The number of carbonyl (C=O) groups is 2. The molecule has 0 unspecified atom stereocenters. The Hall–Kier alpha value is -3.89. The Kier molecular flexibility index (Phi) is 9.21. The van der Waals surface area contributed by atoms with Crippen molar-refractivity contribution in [2.75, 3.05) is 39.8 Å². The zero-order chi connectivity index (χ0) is 28.8. The standard InChI is InChI=1S/C31H39N5O5/c1-4-13-36-20-30(37)33-25-10-14-35(15-11-29-32-12-16-34(29)2)19-28(25)40-21-22-6-5-7-24(17-22)41-27-18-23(31(36)38)8-9-26(27)39-3/h5-9,12,16-18,25,28H,4,10-11,13-15,19-21H2,1-3H3,(H,33,37)/t25-,28-/m0/s1. The predicted octanol–water partition coefficient (Wildman–Crippen LogP) is 3.41. The highest BCUT2D eigenvalue weighted by molar-refractivity contribution is 5.97. The third kappa shape index (κ3) is 7.07. The number of nitrogens with zero attached hydrogens (tertiary/aromatic N) is 4. The highest BCUT2D eigenvalue weighted by Gasteiger charge is 2.32. The molecule has 3 aromatic rings. The van der Waals surface area contributed by atoms with E-state index in [1.54, 1.807) is 30.2 Å². The van der Waals surface area contributed by atoms with Crippen LogP contribution in [0.25, 0.3) is 0 Å². The van der Waals surface area contributed by atoms with Crippen LogP contribution in [0, 0.1) is 0 Å². The fourth-order valence-electron chi connectivity index (χ4n) is 5.46. The Morgan fingerprint density at radius 2 is 2.02 bits per heavy atom. The summed E-state index contributed by atoms with van der Waals surface area (Å²) in [6, 6.07) is 12.6. The van der Waals surface area contributed by atoms with Crippen molar-refractivity contribution >= 4 is 11.8 Å². The van der Waals surface area contributed by atoms with E-state index in [0.717, 1.165) is 43.7 Å². The number of methoxy groups -OCH3 is 1. The smallest absolute Gasteiger partial charge is 0.254 e. The van der Waals surface area contributed by atoms with Crippen LogP contribution in [0.1, 0.15) is 41.5 Å². The first-order valence-electron chi connectivity index (χ1n) is 14.3. The number of benzene rings is 2. The minimum absolute atomic E-state index is 0.0277. The number of piperidine rings is 1. The van der Waals surface area contributed by atoms with Gasteiger partial charge in [-0.3, -0.25) is 9.59 Å². The highest BCUT2D eigenvalue weighted by Crippen LogP contribution is 2.33. The average molecular weight is 562 g/mol. The molecular formula is C31H39N5O5. The Morgan fingerprint density at radius 1 is 1.15 bits per heavy atom. The van der Waals surface area contributed by atoms with Crippen molar-refractivity contribution < 1.29 is 23.8 Å². The van der Waals surface area contributed by atoms with Crippen LogP contribution in [0.15, 0.2) is 54.9 Å². The number of aryl methyl sites for hydroxylation is 1. The maximum absolute atomic E-state index is 13.5. The van der Waals surface area contributed by atoms with Crippen molar-refractivity contribution in [3.05, 3.63) is 71.8 Å². The summed E-state index contributed by atoms with van der Waals surface area (Å²) < 4.78 is 20.2. The number of likely N-dealkylation sites (tertiary alicyclic amines) is 1. The zero-order valence-electron chi connectivity index (χ0n) is 24.0. The van der Waals surface area contributed by atoms with Crippen molar-refractivity contribution in [1.29, 1.82) is 0 Å². The normalized spacial score (nSPS) is 20.2. The number of hydrogen-bond donors (Lipinski definition) is 1. The minimum atomic E-state index is -0.229. The summed E-state index contributed by atoms with van der Waals surface area (Å²) in [6.45, 7) is 5.17. The summed E-state index contributed by atoms with van der Waals surface area (Å²) in [6.07, 6.45) is 5.88. The second-order valence-corrected chi connectivity index (χ2v) is 10.7. The van der Waals surface area contributed by atoms with Crippen molar-refractivity contribution in [3.63, 3.8) is 0 Å². The van der Waals surface area contributed by atoms with E-state index in [1.165, 1.54) is 0 Å². The van der Waals surface area contributed by atoms with Gasteiger partial charge in [0.15, 0.2) is 11.5 Å². The van der Waals surface area contributed by atoms with Crippen molar-refractivity contribution in [3.8, 4) is 17.2 Å². The first kappa shape index (κ1) is 28.6. The van der Waals surface area contributed by atoms with Crippen molar-refractivity contribution in [2.24, 2.45) is 7.05 Å². The van der Waals surface area contributed by atoms with Crippen LogP contribution in [0.3, 0.4) is 0 Å². The molecule has 41 heavy (non-hydrogen) atoms. The number of nitrogens with one attached hydrogen (secondary N) is 1. The molecule has 3 heterocycles. The molecule has 10 nitrogen and oxygen atoms in total. The Balaban J connectivity index is 1.40. The van der Waals surface area contributed by atoms with E-state index >= 15 is 0 Å². The molecular weight excluding hydrogens is 522 g/mol. The second-order valence-electron chi connectivity index (χ2n) is 10.7. The molecule has 1 aromatic heterocycles. The number of carbonyl (C=O) groups excluding carboxylic acids is 2. The third-order valence-corrected chi connectivity index (χ3v) is 7.68. The first-order valence-corrected chi connectivity index (χ1v) is 14.3. The van der Waals surface area contributed by atoms with Crippen molar-refractivity contribution in [1.82, 2.24) is 24.7 Å². The number of ether oxygens (including phenoxy) is 3. The first-order chi connectivity index (χ1) is 19.9. The summed E-state index contributed by atoms with van der Waals surface area (Å²) in [5.74, 6) is 2.19. The molecule has 2 aliphatic rings. The van der Waals surface area contributed by atoms with Crippen LogP contribution >= 0.6 is 0 Å². The largest absolute Gasteiger partial charge is 0.493 e. The van der Waals surface area contributed by atoms with Crippen LogP contribution < -0.4 is 14.8 Å². The van der Waals surface area contributed by atoms with Gasteiger partial charge in [0.05, 0.1) is 32.4 Å². The van der Waals surface area contributed by atoms with Gasteiger partial charge in [0.2, 0.25) is 5.91 Å². The van der Waals surface area contributed by atoms with Crippen LogP contribution in [0.4, 0.5) is 0 Å². The predicted molar refractivity (Wildman–Crippen MR) is 154 cm³/mol. The molecule has 2 aliphatic heterocycles. The number of hydrogen-bond acceptors (Lipinski definition) is 7. The van der Waals surface area contributed by atoms with E-state index in [-0.39, 0.29) is 30.5 Å². The molecule has 2 amide bonds. The minimum Gasteiger partial charge on any atom is -0.493 e. The van der Waals surface area contributed by atoms with Gasteiger partial charge < -0.3 is 33.9 Å². The van der Waals surface area contributed by atoms with E-state index in [4.69, 9.17) is 14.2 Å². The SMILES string of the molecule is CCCN1CC(=O)N[C@H]2CCN(CCc3nccn3C)C[C@@H]2OCc2cccc(c2)Oc2cc(ccc2OC)C1=O. The lowest BCUT2D eigenvalue weighted by molar-refractivity contribution is -0.125. The van der Waals surface area contributed by atoms with Crippen LogP contribution in [-0.4, -0.2) is 83.1 Å². The van der Waals surface area contributed by atoms with E-state index in [2.05, 4.69) is 15.2 Å². The summed E-state index contributed by atoms with van der Waals surface area (Å²) in [5.41, 5.74) is 1.39. The Bertz CT molecular complexity index is 1360. The molecule has 1 N–H and O–H groups in total. The lowest BCUT2D eigenvalue weighted by atomic mass is 10.0. The van der Waals surface area contributed by atoms with Gasteiger partial charge in [-0.25, -0.2) is 4.98 Å². The van der Waals surface area contributed by atoms with Gasteiger partial charge in [-0.2, -0.15) is 0 Å². The fourth-order valence-corrected chi connectivity index (χ4v) is 5.46. The van der Waals surface area contributed by atoms with Crippen LogP contribution in [-0.2, 0) is 29.6 Å². The molecule has 0 radical (unpaired) electrons. The lowest BCUT2D eigenvalue weighted by Gasteiger charge is -2.39. The van der Waals surface area contributed by atoms with Gasteiger partial charge in [0, 0.05) is 57.6 Å². The molecule has 10 heteroatoms. The monoisotopic (exact) mass is 561 g/mol. The van der Waals surface area contributed by atoms with E-state index < -0.39 is 0 Å². The molecule has 218 valence electrons. The maximum Gasteiger partial charge on any atom is 0.254 e. The molecule has 2 atom stereocenters. The molecule has 0 aliphatic carbocycles. The van der Waals surface area contributed by atoms with Gasteiger partial charge >= 0.3 is 0 Å². The summed E-state index contributed by atoms with van der Waals surface area (Å²) in [7, 11) is 3.57. The number of fused-ring (bicyclic) bond motifs is 5. The van der Waals surface area contributed by atoms with Gasteiger partial charge in [-0.15, -0.1) is 0 Å². The van der Waals surface area contributed by atoms with E-state index in [1.807, 2.05) is 55.2 Å². The van der Waals surface area contributed by atoms with Gasteiger partial charge in [-0.05, 0) is 48.7 Å². The lowest BCUT2D eigenvalue weighted by Crippen LogP contribution is -2.56. The summed E-state index contributed by atoms with van der Waals surface area (Å²) >= 11 is 0. The van der Waals surface area contributed by atoms with E-state index in [9.17, 15) is 9.59 Å². The number of aromatic nitrogens is 2. The van der Waals surface area contributed by atoms with Gasteiger partial charge in [0.25, 0.3) is 5.91 Å². The highest BCUT2D eigenvalue weighted by atomic mass is 16.5. The molecule has 0 spiro atoms. The maximum atomic E-state index is 13.5. The molecule has 1 saturated heterocycles. The van der Waals surface area contributed by atoms with Crippen LogP contribution in [0.5, 0.6) is 17.2 Å². The molecule has 4 bridgehead atoms. The Morgan fingerprint density at radius 3 is 2.80 bits per heavy atom. The zero-order valence-corrected chi connectivity index (χ0v) is 24.0. The number of amides is 2. The molecule has 0 saturated carbocycles. The average Bonchev–Trinajstić information content (AvgIpc) is 3.39. The second kappa shape index (κ2) is 13.2. The quantitative estimate of drug-likeness (QED) is 0.493. The van der Waals surface area contributed by atoms with Gasteiger partial charge in [-0.1, -0.05) is 19.1 Å².